The zero-order valence-electron chi connectivity index (χ0n) is 8.75. The fourth-order valence-corrected chi connectivity index (χ4v) is 3.89. The Morgan fingerprint density at radius 3 is 1.89 bits per heavy atom. The number of halogens is 4. The molecule has 18 heavy (non-hydrogen) atoms. The zero-order chi connectivity index (χ0) is 13.3. The van der Waals surface area contributed by atoms with E-state index in [1.54, 1.807) is 6.07 Å². The van der Waals surface area contributed by atoms with Crippen LogP contribution in [0.1, 0.15) is 0 Å². The van der Waals surface area contributed by atoms with Crippen molar-refractivity contribution < 1.29 is 9.84 Å². The Bertz CT molecular complexity index is 555. The minimum atomic E-state index is 0.0624. The quantitative estimate of drug-likeness (QED) is 0.528. The van der Waals surface area contributed by atoms with Crippen LogP contribution in [0.2, 0.25) is 0 Å². The van der Waals surface area contributed by atoms with Gasteiger partial charge in [0.2, 0.25) is 0 Å². The number of phenolic OH excluding ortho intramolecular Hbond substituents is 1. The van der Waals surface area contributed by atoms with Gasteiger partial charge in [-0.2, -0.15) is 0 Å². The van der Waals surface area contributed by atoms with Crippen molar-refractivity contribution in [2.75, 3.05) is 0 Å². The summed E-state index contributed by atoms with van der Waals surface area (Å²) < 4.78 is 8.90. The van der Waals surface area contributed by atoms with Gasteiger partial charge in [-0.1, -0.05) is 47.8 Å². The van der Waals surface area contributed by atoms with Gasteiger partial charge in [-0.15, -0.1) is 0 Å². The molecular formula is C12H6Br4O2. The number of hydrogen-bond acceptors (Lipinski definition) is 2. The molecular weight excluding hydrogens is 496 g/mol. The summed E-state index contributed by atoms with van der Waals surface area (Å²) in [6, 6.07) is 8.93. The Morgan fingerprint density at radius 1 is 0.778 bits per heavy atom. The first-order valence-corrected chi connectivity index (χ1v) is 7.95. The fraction of sp³-hybridized carbons (Fsp3) is 0. The van der Waals surface area contributed by atoms with Crippen molar-refractivity contribution in [3.63, 3.8) is 0 Å². The van der Waals surface area contributed by atoms with Crippen LogP contribution in [0.15, 0.2) is 48.2 Å². The van der Waals surface area contributed by atoms with Gasteiger partial charge >= 0.3 is 0 Å². The third-order valence-corrected chi connectivity index (χ3v) is 4.01. The van der Waals surface area contributed by atoms with E-state index in [0.29, 0.717) is 16.0 Å². The second-order valence-electron chi connectivity index (χ2n) is 3.44. The van der Waals surface area contributed by atoms with Gasteiger partial charge < -0.3 is 9.84 Å². The van der Waals surface area contributed by atoms with Crippen LogP contribution in [0, 0.1) is 0 Å². The van der Waals surface area contributed by atoms with E-state index in [2.05, 4.69) is 63.7 Å². The van der Waals surface area contributed by atoms with Crippen molar-refractivity contribution in [2.24, 2.45) is 0 Å². The average molecular weight is 502 g/mol. The van der Waals surface area contributed by atoms with E-state index < -0.39 is 0 Å². The summed E-state index contributed by atoms with van der Waals surface area (Å²) in [5.41, 5.74) is 0. The zero-order valence-corrected chi connectivity index (χ0v) is 15.1. The minimum absolute atomic E-state index is 0.0624. The molecule has 0 saturated carbocycles. The summed E-state index contributed by atoms with van der Waals surface area (Å²) in [6.07, 6.45) is 0. The molecule has 0 atom stereocenters. The summed E-state index contributed by atoms with van der Waals surface area (Å²) >= 11 is 13.4. The Balaban J connectivity index is 2.40. The third kappa shape index (κ3) is 3.50. The number of rotatable bonds is 2. The predicted molar refractivity (Wildman–Crippen MR) is 85.4 cm³/mol. The smallest absolute Gasteiger partial charge is 0.183 e. The Hall–Kier alpha value is -0.0400. The van der Waals surface area contributed by atoms with E-state index in [0.717, 1.165) is 13.4 Å². The first kappa shape index (κ1) is 14.4. The van der Waals surface area contributed by atoms with E-state index in [1.165, 1.54) is 0 Å². The normalized spacial score (nSPS) is 10.4. The number of benzene rings is 2. The molecule has 0 saturated heterocycles. The van der Waals surface area contributed by atoms with Gasteiger partial charge in [-0.25, -0.2) is 0 Å². The molecule has 0 unspecified atom stereocenters. The Labute approximate surface area is 138 Å². The molecule has 0 aromatic heterocycles. The average Bonchev–Trinajstić information content (AvgIpc) is 2.22. The lowest BCUT2D eigenvalue weighted by Gasteiger charge is -2.11. The molecule has 6 heteroatoms. The molecule has 0 fully saturated rings. The summed E-state index contributed by atoms with van der Waals surface area (Å²) in [5, 5.41) is 9.86. The van der Waals surface area contributed by atoms with Crippen LogP contribution >= 0.6 is 63.7 Å². The van der Waals surface area contributed by atoms with Crippen LogP contribution in [0.5, 0.6) is 17.2 Å². The van der Waals surface area contributed by atoms with E-state index in [9.17, 15) is 5.11 Å². The van der Waals surface area contributed by atoms with Gasteiger partial charge in [0.15, 0.2) is 11.5 Å². The van der Waals surface area contributed by atoms with Crippen LogP contribution < -0.4 is 4.74 Å². The molecule has 2 nitrogen and oxygen atoms in total. The molecule has 0 heterocycles. The van der Waals surface area contributed by atoms with Crippen LogP contribution in [0.25, 0.3) is 0 Å². The number of aromatic hydroxyl groups is 1. The van der Waals surface area contributed by atoms with Gasteiger partial charge in [0, 0.05) is 13.4 Å². The topological polar surface area (TPSA) is 29.5 Å². The summed E-state index contributed by atoms with van der Waals surface area (Å²) in [4.78, 5) is 0. The first-order valence-electron chi connectivity index (χ1n) is 4.77. The van der Waals surface area contributed by atoms with Crippen LogP contribution in [-0.2, 0) is 0 Å². The molecule has 0 aliphatic rings. The number of ether oxygens (including phenoxy) is 1. The maximum Gasteiger partial charge on any atom is 0.183 e. The summed E-state index contributed by atoms with van der Waals surface area (Å²) in [6.45, 7) is 0. The van der Waals surface area contributed by atoms with Crippen molar-refractivity contribution >= 4 is 63.7 Å². The van der Waals surface area contributed by atoms with Crippen molar-refractivity contribution in [1.29, 1.82) is 0 Å². The molecule has 2 rings (SSSR count). The maximum atomic E-state index is 9.86. The van der Waals surface area contributed by atoms with E-state index in [4.69, 9.17) is 4.74 Å². The standard InChI is InChI=1S/C12H6Br4O2/c13-6-1-7(14)3-9(2-6)18-12-10(16)4-8(15)5-11(12)17/h1-5,17H. The van der Waals surface area contributed by atoms with Crippen molar-refractivity contribution in [3.05, 3.63) is 48.2 Å². The molecule has 0 spiro atoms. The van der Waals surface area contributed by atoms with E-state index >= 15 is 0 Å². The van der Waals surface area contributed by atoms with Crippen LogP contribution in [-0.4, -0.2) is 5.11 Å². The maximum absolute atomic E-state index is 9.86. The fourth-order valence-electron chi connectivity index (χ4n) is 1.35. The van der Waals surface area contributed by atoms with E-state index in [-0.39, 0.29) is 5.75 Å². The lowest BCUT2D eigenvalue weighted by Crippen LogP contribution is -1.87. The van der Waals surface area contributed by atoms with Crippen molar-refractivity contribution in [2.45, 2.75) is 0 Å². The minimum Gasteiger partial charge on any atom is -0.504 e. The Morgan fingerprint density at radius 2 is 1.33 bits per heavy atom. The molecule has 0 aliphatic carbocycles. The Kier molecular flexibility index (Phi) is 4.75. The van der Waals surface area contributed by atoms with Gasteiger partial charge in [-0.05, 0) is 46.3 Å². The predicted octanol–water partition coefficient (Wildman–Crippen LogP) is 6.23. The molecule has 0 radical (unpaired) electrons. The van der Waals surface area contributed by atoms with Gasteiger partial charge in [-0.3, -0.25) is 0 Å². The molecule has 0 aliphatic heterocycles. The van der Waals surface area contributed by atoms with Crippen molar-refractivity contribution in [3.8, 4) is 17.2 Å². The number of phenols is 1. The van der Waals surface area contributed by atoms with Crippen molar-refractivity contribution in [1.82, 2.24) is 0 Å². The molecule has 0 amide bonds. The highest BCUT2D eigenvalue weighted by Crippen LogP contribution is 2.41. The highest BCUT2D eigenvalue weighted by Gasteiger charge is 2.11. The van der Waals surface area contributed by atoms with Crippen LogP contribution in [0.3, 0.4) is 0 Å². The summed E-state index contributed by atoms with van der Waals surface area (Å²) in [5.74, 6) is 1.06. The van der Waals surface area contributed by atoms with Gasteiger partial charge in [0.05, 0.1) is 4.47 Å². The lowest BCUT2D eigenvalue weighted by molar-refractivity contribution is 0.408. The monoisotopic (exact) mass is 498 g/mol. The molecule has 94 valence electrons. The van der Waals surface area contributed by atoms with Gasteiger partial charge in [0.25, 0.3) is 0 Å². The largest absolute Gasteiger partial charge is 0.504 e. The SMILES string of the molecule is Oc1cc(Br)cc(Br)c1Oc1cc(Br)cc(Br)c1. The molecule has 2 aromatic carbocycles. The second-order valence-corrected chi connectivity index (χ2v) is 7.04. The highest BCUT2D eigenvalue weighted by molar-refractivity contribution is 9.11. The van der Waals surface area contributed by atoms with Gasteiger partial charge in [0.1, 0.15) is 5.75 Å². The molecule has 0 bridgehead atoms. The van der Waals surface area contributed by atoms with E-state index in [1.807, 2.05) is 24.3 Å². The second kappa shape index (κ2) is 5.94. The first-order chi connectivity index (χ1) is 8.45. The molecule has 1 N–H and O–H groups in total. The van der Waals surface area contributed by atoms with Crippen LogP contribution in [0.4, 0.5) is 0 Å². The molecule has 2 aromatic rings. The lowest BCUT2D eigenvalue weighted by atomic mass is 10.3. The third-order valence-electron chi connectivity index (χ3n) is 2.04. The summed E-state index contributed by atoms with van der Waals surface area (Å²) in [7, 11) is 0. The highest BCUT2D eigenvalue weighted by atomic mass is 79.9. The number of hydrogen-bond donors (Lipinski definition) is 1.